The highest BCUT2D eigenvalue weighted by molar-refractivity contribution is 5.92. The molecule has 5 nitrogen and oxygen atoms in total. The summed E-state index contributed by atoms with van der Waals surface area (Å²) in [4.78, 5) is 26.6. The Hall–Kier alpha value is -1.88. The van der Waals surface area contributed by atoms with E-state index in [1.165, 1.54) is 0 Å². The fourth-order valence-electron chi connectivity index (χ4n) is 3.25. The van der Waals surface area contributed by atoms with Gasteiger partial charge in [-0.3, -0.25) is 9.59 Å². The first-order valence-electron chi connectivity index (χ1n) is 8.09. The molecule has 2 amide bonds. The number of carbonyl (C=O) groups is 2. The average molecular weight is 301 g/mol. The Morgan fingerprint density at radius 1 is 1.05 bits per heavy atom. The van der Waals surface area contributed by atoms with Crippen molar-refractivity contribution in [1.82, 2.24) is 10.2 Å². The molecule has 22 heavy (non-hydrogen) atoms. The summed E-state index contributed by atoms with van der Waals surface area (Å²) in [6.45, 7) is 3.13. The van der Waals surface area contributed by atoms with E-state index in [2.05, 4.69) is 10.6 Å². The van der Waals surface area contributed by atoms with Crippen molar-refractivity contribution in [2.45, 2.75) is 19.3 Å². The second-order valence-electron chi connectivity index (χ2n) is 6.14. The fourth-order valence-corrected chi connectivity index (χ4v) is 3.25. The molecular weight excluding hydrogens is 278 g/mol. The van der Waals surface area contributed by atoms with Crippen LogP contribution >= 0.6 is 0 Å². The van der Waals surface area contributed by atoms with E-state index in [0.717, 1.165) is 38.0 Å². The Morgan fingerprint density at radius 2 is 1.77 bits per heavy atom. The van der Waals surface area contributed by atoms with Crippen LogP contribution in [0.25, 0.3) is 0 Å². The Balaban J connectivity index is 1.48. The maximum absolute atomic E-state index is 12.4. The van der Waals surface area contributed by atoms with Crippen LogP contribution in [0.5, 0.6) is 0 Å². The molecule has 0 radical (unpaired) electrons. The van der Waals surface area contributed by atoms with E-state index in [0.29, 0.717) is 13.1 Å². The maximum atomic E-state index is 12.4. The van der Waals surface area contributed by atoms with Gasteiger partial charge in [0.05, 0.1) is 5.92 Å². The molecule has 2 aliphatic rings. The first-order chi connectivity index (χ1) is 10.7. The monoisotopic (exact) mass is 301 g/mol. The number of hydrogen-bond acceptors (Lipinski definition) is 3. The second-order valence-corrected chi connectivity index (χ2v) is 6.14. The lowest BCUT2D eigenvalue weighted by Gasteiger charge is -2.32. The third kappa shape index (κ3) is 3.47. The molecule has 2 saturated heterocycles. The summed E-state index contributed by atoms with van der Waals surface area (Å²) in [6, 6.07) is 9.53. The van der Waals surface area contributed by atoms with Crippen molar-refractivity contribution in [2.24, 2.45) is 11.8 Å². The Bertz CT molecular complexity index is 518. The number of hydrogen-bond donors (Lipinski definition) is 2. The number of benzene rings is 1. The number of nitrogens with one attached hydrogen (secondary N) is 2. The standard InChI is InChI=1S/C17H23N3O2/c21-16(19-15-4-2-1-3-5-15)13-7-10-20(11-8-13)17(22)14-6-9-18-12-14/h1-5,13-14,18H,6-12H2,(H,19,21). The zero-order valence-corrected chi connectivity index (χ0v) is 12.8. The normalized spacial score (nSPS) is 22.5. The molecule has 0 spiro atoms. The largest absolute Gasteiger partial charge is 0.342 e. The Kier molecular flexibility index (Phi) is 4.73. The van der Waals surface area contributed by atoms with E-state index < -0.39 is 0 Å². The molecular formula is C17H23N3O2. The maximum Gasteiger partial charge on any atom is 0.227 e. The van der Waals surface area contributed by atoms with Crippen LogP contribution < -0.4 is 10.6 Å². The molecule has 2 heterocycles. The number of anilines is 1. The number of likely N-dealkylation sites (tertiary alicyclic amines) is 1. The van der Waals surface area contributed by atoms with Gasteiger partial charge in [0.1, 0.15) is 0 Å². The lowest BCUT2D eigenvalue weighted by atomic mass is 9.94. The van der Waals surface area contributed by atoms with Gasteiger partial charge in [-0.05, 0) is 37.9 Å². The van der Waals surface area contributed by atoms with E-state index in [-0.39, 0.29) is 23.7 Å². The number of nitrogens with zero attached hydrogens (tertiary/aromatic N) is 1. The van der Waals surface area contributed by atoms with Gasteiger partial charge < -0.3 is 15.5 Å². The van der Waals surface area contributed by atoms with Gasteiger partial charge in [0.25, 0.3) is 0 Å². The molecule has 0 bridgehead atoms. The Morgan fingerprint density at radius 3 is 2.41 bits per heavy atom. The number of rotatable bonds is 3. The second kappa shape index (κ2) is 6.92. The van der Waals surface area contributed by atoms with Crippen LogP contribution in [0.15, 0.2) is 30.3 Å². The minimum atomic E-state index is 0.00552. The molecule has 0 saturated carbocycles. The Labute approximate surface area is 131 Å². The minimum absolute atomic E-state index is 0.00552. The summed E-state index contributed by atoms with van der Waals surface area (Å²) in [5, 5.41) is 6.19. The summed E-state index contributed by atoms with van der Waals surface area (Å²) < 4.78 is 0. The van der Waals surface area contributed by atoms with Crippen molar-refractivity contribution in [2.75, 3.05) is 31.5 Å². The summed E-state index contributed by atoms with van der Waals surface area (Å²) in [5.74, 6) is 0.466. The number of amides is 2. The first-order valence-corrected chi connectivity index (χ1v) is 8.09. The van der Waals surface area contributed by atoms with Crippen molar-refractivity contribution in [3.63, 3.8) is 0 Å². The SMILES string of the molecule is O=C(Nc1ccccc1)C1CCN(C(=O)C2CCNC2)CC1. The molecule has 2 N–H and O–H groups in total. The fraction of sp³-hybridized carbons (Fsp3) is 0.529. The van der Waals surface area contributed by atoms with Crippen molar-refractivity contribution in [3.8, 4) is 0 Å². The van der Waals surface area contributed by atoms with Crippen molar-refractivity contribution >= 4 is 17.5 Å². The molecule has 0 aromatic heterocycles. The van der Waals surface area contributed by atoms with E-state index in [1.807, 2.05) is 35.2 Å². The van der Waals surface area contributed by atoms with Crippen molar-refractivity contribution < 1.29 is 9.59 Å². The van der Waals surface area contributed by atoms with Gasteiger partial charge in [-0.2, -0.15) is 0 Å². The van der Waals surface area contributed by atoms with Crippen molar-refractivity contribution in [1.29, 1.82) is 0 Å². The molecule has 1 unspecified atom stereocenters. The molecule has 5 heteroatoms. The zero-order valence-electron chi connectivity index (χ0n) is 12.8. The summed E-state index contributed by atoms with van der Waals surface area (Å²) in [7, 11) is 0. The topological polar surface area (TPSA) is 61.4 Å². The molecule has 1 aromatic rings. The lowest BCUT2D eigenvalue weighted by molar-refractivity contribution is -0.137. The quantitative estimate of drug-likeness (QED) is 0.889. The van der Waals surface area contributed by atoms with Gasteiger partial charge in [-0.1, -0.05) is 18.2 Å². The van der Waals surface area contributed by atoms with Gasteiger partial charge in [0, 0.05) is 31.2 Å². The zero-order chi connectivity index (χ0) is 15.4. The number of para-hydroxylation sites is 1. The predicted molar refractivity (Wildman–Crippen MR) is 85.4 cm³/mol. The van der Waals surface area contributed by atoms with Crippen LogP contribution in [0.3, 0.4) is 0 Å². The minimum Gasteiger partial charge on any atom is -0.342 e. The lowest BCUT2D eigenvalue weighted by Crippen LogP contribution is -2.44. The van der Waals surface area contributed by atoms with Gasteiger partial charge in [0.2, 0.25) is 11.8 Å². The third-order valence-electron chi connectivity index (χ3n) is 4.63. The molecule has 1 aromatic carbocycles. The van der Waals surface area contributed by atoms with E-state index >= 15 is 0 Å². The van der Waals surface area contributed by atoms with E-state index in [4.69, 9.17) is 0 Å². The first kappa shape index (κ1) is 15.0. The smallest absolute Gasteiger partial charge is 0.227 e. The predicted octanol–water partition coefficient (Wildman–Crippen LogP) is 1.47. The average Bonchev–Trinajstić information content (AvgIpc) is 3.10. The van der Waals surface area contributed by atoms with Crippen LogP contribution in [-0.4, -0.2) is 42.9 Å². The van der Waals surface area contributed by atoms with Crippen LogP contribution in [0.1, 0.15) is 19.3 Å². The van der Waals surface area contributed by atoms with Crippen LogP contribution in [-0.2, 0) is 9.59 Å². The summed E-state index contributed by atoms with van der Waals surface area (Å²) in [6.07, 6.45) is 2.45. The molecule has 3 rings (SSSR count). The van der Waals surface area contributed by atoms with Gasteiger partial charge >= 0.3 is 0 Å². The van der Waals surface area contributed by atoms with Gasteiger partial charge in [0.15, 0.2) is 0 Å². The molecule has 2 aliphatic heterocycles. The van der Waals surface area contributed by atoms with Crippen LogP contribution in [0.2, 0.25) is 0 Å². The highest BCUT2D eigenvalue weighted by Gasteiger charge is 2.31. The van der Waals surface area contributed by atoms with E-state index in [9.17, 15) is 9.59 Å². The van der Waals surface area contributed by atoms with Crippen molar-refractivity contribution in [3.05, 3.63) is 30.3 Å². The summed E-state index contributed by atoms with van der Waals surface area (Å²) in [5.41, 5.74) is 0.836. The number of piperidine rings is 1. The number of carbonyl (C=O) groups excluding carboxylic acids is 2. The van der Waals surface area contributed by atoms with E-state index in [1.54, 1.807) is 0 Å². The summed E-state index contributed by atoms with van der Waals surface area (Å²) >= 11 is 0. The van der Waals surface area contributed by atoms with Crippen LogP contribution in [0, 0.1) is 11.8 Å². The highest BCUT2D eigenvalue weighted by Crippen LogP contribution is 2.22. The molecule has 0 aliphatic carbocycles. The molecule has 1 atom stereocenters. The molecule has 2 fully saturated rings. The molecule has 118 valence electrons. The highest BCUT2D eigenvalue weighted by atomic mass is 16.2. The third-order valence-corrected chi connectivity index (χ3v) is 4.63. The van der Waals surface area contributed by atoms with Gasteiger partial charge in [-0.15, -0.1) is 0 Å². The van der Waals surface area contributed by atoms with Gasteiger partial charge in [-0.25, -0.2) is 0 Å². The van der Waals surface area contributed by atoms with Crippen LogP contribution in [0.4, 0.5) is 5.69 Å².